The van der Waals surface area contributed by atoms with Crippen molar-refractivity contribution in [2.24, 2.45) is 0 Å². The minimum atomic E-state index is -4.64. The topological polar surface area (TPSA) is 178 Å². The van der Waals surface area contributed by atoms with Crippen molar-refractivity contribution in [1.29, 1.82) is 0 Å². The van der Waals surface area contributed by atoms with Gasteiger partial charge in [-0.05, 0) is 12.8 Å². The van der Waals surface area contributed by atoms with E-state index in [2.05, 4.69) is 35.1 Å². The number of nitrogens with one attached hydrogen (secondary N) is 4. The first-order chi connectivity index (χ1) is 15.7. The Morgan fingerprint density at radius 1 is 0.636 bits per heavy atom. The zero-order valence-corrected chi connectivity index (χ0v) is 21.0. The van der Waals surface area contributed by atoms with Crippen molar-refractivity contribution in [3.8, 4) is 0 Å². The quantitative estimate of drug-likeness (QED) is 0.0632. The minimum Gasteiger partial charge on any atom is -0.466 e. The lowest BCUT2D eigenvalue weighted by molar-refractivity contribution is -0.144. The van der Waals surface area contributed by atoms with Crippen molar-refractivity contribution in [3.05, 3.63) is 0 Å². The smallest absolute Gasteiger partial charge is 0.466 e. The van der Waals surface area contributed by atoms with Crippen LogP contribution < -0.4 is 21.3 Å². The highest BCUT2D eigenvalue weighted by Gasteiger charge is 2.02. The van der Waals surface area contributed by atoms with Gasteiger partial charge in [0, 0.05) is 52.4 Å². The molecule has 12 nitrogen and oxygen atoms in total. The molecule has 198 valence electrons. The summed E-state index contributed by atoms with van der Waals surface area (Å²) in [7, 11) is -4.64. The molecule has 0 saturated heterocycles. The molecule has 0 aliphatic carbocycles. The van der Waals surface area contributed by atoms with Gasteiger partial charge in [-0.15, -0.1) is 0 Å². The fourth-order valence-corrected chi connectivity index (χ4v) is 2.22. The van der Waals surface area contributed by atoms with Gasteiger partial charge in [0.1, 0.15) is 0 Å². The van der Waals surface area contributed by atoms with Gasteiger partial charge in [0.05, 0.1) is 26.1 Å². The van der Waals surface area contributed by atoms with E-state index < -0.39 is 7.82 Å². The summed E-state index contributed by atoms with van der Waals surface area (Å²) >= 11 is 0. The Kier molecular flexibility index (Phi) is 26.3. The van der Waals surface area contributed by atoms with Gasteiger partial charge in [-0.25, -0.2) is 4.57 Å². The van der Waals surface area contributed by atoms with Gasteiger partial charge >= 0.3 is 19.8 Å². The van der Waals surface area contributed by atoms with Crippen LogP contribution in [0.3, 0.4) is 0 Å². The molecule has 0 spiro atoms. The van der Waals surface area contributed by atoms with Gasteiger partial charge in [0.15, 0.2) is 0 Å². The van der Waals surface area contributed by atoms with Crippen LogP contribution >= 0.6 is 7.82 Å². The monoisotopic (exact) mass is 500 g/mol. The molecule has 0 fully saturated rings. The van der Waals surface area contributed by atoms with Crippen molar-refractivity contribution in [3.63, 3.8) is 0 Å². The van der Waals surface area contributed by atoms with Crippen molar-refractivity contribution in [1.82, 2.24) is 21.3 Å². The molecular formula is C20H45N4O8P. The molecule has 0 aliphatic rings. The first-order valence-electron chi connectivity index (χ1n) is 11.6. The summed E-state index contributed by atoms with van der Waals surface area (Å²) in [6, 6.07) is 0. The molecule has 0 heterocycles. The van der Waals surface area contributed by atoms with Crippen LogP contribution in [0.15, 0.2) is 0 Å². The van der Waals surface area contributed by atoms with Crippen LogP contribution in [0.4, 0.5) is 0 Å². The van der Waals surface area contributed by atoms with Crippen LogP contribution in [0.2, 0.25) is 0 Å². The van der Waals surface area contributed by atoms with Crippen LogP contribution in [0, 0.1) is 0 Å². The minimum absolute atomic E-state index is 0.125. The zero-order chi connectivity index (χ0) is 25.2. The fourth-order valence-electron chi connectivity index (χ4n) is 2.22. The number of ether oxygens (including phenoxy) is 2. The van der Waals surface area contributed by atoms with E-state index in [4.69, 9.17) is 28.7 Å². The molecule has 0 aromatic rings. The van der Waals surface area contributed by atoms with Gasteiger partial charge < -0.3 is 45.4 Å². The third-order valence-electron chi connectivity index (χ3n) is 3.97. The SMILES string of the molecule is CCCCOC(=O)CCNCCNCCNCCNCCC(=O)OCCCC.O=P(O)(O)O. The number of rotatable bonds is 21. The van der Waals surface area contributed by atoms with E-state index in [9.17, 15) is 9.59 Å². The van der Waals surface area contributed by atoms with Crippen LogP contribution in [-0.2, 0) is 23.6 Å². The molecule has 0 atom stereocenters. The van der Waals surface area contributed by atoms with Gasteiger partial charge in [-0.2, -0.15) is 0 Å². The number of carbonyl (C=O) groups is 2. The average molecular weight is 501 g/mol. The van der Waals surface area contributed by atoms with Gasteiger partial charge in [-0.1, -0.05) is 26.7 Å². The Morgan fingerprint density at radius 3 is 1.18 bits per heavy atom. The predicted octanol–water partition coefficient (Wildman–Crippen LogP) is -0.117. The second kappa shape index (κ2) is 25.5. The molecule has 0 radical (unpaired) electrons. The molecule has 33 heavy (non-hydrogen) atoms. The standard InChI is InChI=1S/C20H42N4O4.H3O4P/c1-3-5-17-27-19(25)7-9-21-11-13-23-15-16-24-14-12-22-10-8-20(26)28-18-6-4-2;1-5(2,3)4/h21-24H,3-18H2,1-2H3;(H3,1,2,3,4). The molecule has 0 saturated carbocycles. The van der Waals surface area contributed by atoms with E-state index in [-0.39, 0.29) is 11.9 Å². The molecule has 0 amide bonds. The fraction of sp³-hybridized carbons (Fsp3) is 0.900. The van der Waals surface area contributed by atoms with E-state index in [1.54, 1.807) is 0 Å². The third-order valence-corrected chi connectivity index (χ3v) is 3.97. The maximum Gasteiger partial charge on any atom is 0.466 e. The molecular weight excluding hydrogens is 455 g/mol. The summed E-state index contributed by atoms with van der Waals surface area (Å²) in [5, 5.41) is 13.1. The van der Waals surface area contributed by atoms with Crippen molar-refractivity contribution >= 4 is 19.8 Å². The Labute approximate surface area is 197 Å². The zero-order valence-electron chi connectivity index (χ0n) is 20.1. The Balaban J connectivity index is 0. The maximum atomic E-state index is 11.4. The van der Waals surface area contributed by atoms with Crippen LogP contribution in [0.25, 0.3) is 0 Å². The Hall–Kier alpha value is -1.11. The van der Waals surface area contributed by atoms with Crippen molar-refractivity contribution in [2.45, 2.75) is 52.4 Å². The molecule has 0 aliphatic heterocycles. The maximum absolute atomic E-state index is 11.4. The first-order valence-corrected chi connectivity index (χ1v) is 13.2. The molecule has 7 N–H and O–H groups in total. The van der Waals surface area contributed by atoms with Gasteiger partial charge in [0.25, 0.3) is 0 Å². The molecule has 0 bridgehead atoms. The molecule has 0 unspecified atom stereocenters. The molecule has 0 aromatic carbocycles. The highest BCUT2D eigenvalue weighted by Crippen LogP contribution is 2.25. The van der Waals surface area contributed by atoms with E-state index in [0.717, 1.165) is 65.0 Å². The summed E-state index contributed by atoms with van der Waals surface area (Å²) in [5.41, 5.74) is 0. The summed E-state index contributed by atoms with van der Waals surface area (Å²) in [4.78, 5) is 44.3. The molecule has 0 aromatic heterocycles. The highest BCUT2D eigenvalue weighted by atomic mass is 31.2. The van der Waals surface area contributed by atoms with E-state index in [1.807, 2.05) is 0 Å². The van der Waals surface area contributed by atoms with E-state index >= 15 is 0 Å². The Bertz CT molecular complexity index is 466. The lowest BCUT2D eigenvalue weighted by Gasteiger charge is -2.09. The van der Waals surface area contributed by atoms with Crippen LogP contribution in [0.1, 0.15) is 52.4 Å². The lowest BCUT2D eigenvalue weighted by atomic mass is 10.3. The number of phosphoric acid groups is 1. The second-order valence-electron chi connectivity index (χ2n) is 7.16. The number of esters is 2. The van der Waals surface area contributed by atoms with Crippen molar-refractivity contribution in [2.75, 3.05) is 65.6 Å². The lowest BCUT2D eigenvalue weighted by Crippen LogP contribution is -2.35. The second-order valence-corrected chi connectivity index (χ2v) is 8.19. The van der Waals surface area contributed by atoms with Gasteiger partial charge in [-0.3, -0.25) is 9.59 Å². The van der Waals surface area contributed by atoms with Gasteiger partial charge in [0.2, 0.25) is 0 Å². The van der Waals surface area contributed by atoms with E-state index in [1.165, 1.54) is 0 Å². The first kappa shape index (κ1) is 34.1. The summed E-state index contributed by atoms with van der Waals surface area (Å²) in [5.74, 6) is -0.250. The number of carbonyl (C=O) groups excluding carboxylic acids is 2. The summed E-state index contributed by atoms with van der Waals surface area (Å²) in [6.45, 7) is 11.7. The normalized spacial score (nSPS) is 10.9. The third kappa shape index (κ3) is 38.5. The van der Waals surface area contributed by atoms with Crippen molar-refractivity contribution < 1.29 is 38.3 Å². The van der Waals surface area contributed by atoms with Crippen LogP contribution in [0.5, 0.6) is 0 Å². The predicted molar refractivity (Wildman–Crippen MR) is 127 cm³/mol. The summed E-state index contributed by atoms with van der Waals surface area (Å²) in [6.07, 6.45) is 4.79. The molecule has 0 rings (SSSR count). The largest absolute Gasteiger partial charge is 0.466 e. The summed E-state index contributed by atoms with van der Waals surface area (Å²) < 4.78 is 19.1. The molecule has 13 heteroatoms. The Morgan fingerprint density at radius 2 is 0.909 bits per heavy atom. The average Bonchev–Trinajstić information content (AvgIpc) is 2.73. The van der Waals surface area contributed by atoms with E-state index in [0.29, 0.717) is 39.1 Å². The number of hydrogen-bond acceptors (Lipinski definition) is 9. The highest BCUT2D eigenvalue weighted by molar-refractivity contribution is 7.45. The van der Waals surface area contributed by atoms with Crippen LogP contribution in [-0.4, -0.2) is 92.2 Å². The number of hydrogen-bond donors (Lipinski definition) is 7. The number of unbranched alkanes of at least 4 members (excludes halogenated alkanes) is 2.